The van der Waals surface area contributed by atoms with E-state index in [1.165, 1.54) is 0 Å². The molecule has 0 saturated carbocycles. The molecule has 1 heterocycles. The van der Waals surface area contributed by atoms with Crippen LogP contribution in [0.25, 0.3) is 5.32 Å². The van der Waals surface area contributed by atoms with Crippen molar-refractivity contribution < 1.29 is 43.9 Å². The van der Waals surface area contributed by atoms with Crippen LogP contribution in [0.1, 0.15) is 39.5 Å². The molecule has 1 fully saturated rings. The van der Waals surface area contributed by atoms with Crippen LogP contribution in [0, 0.1) is 5.41 Å². The summed E-state index contributed by atoms with van der Waals surface area (Å²) < 4.78 is 0. The molecular formula is C12H17N2NaO3. The normalized spacial score (nSPS) is 23.6. The number of rotatable bonds is 5. The fraction of sp³-hybridized carbons (Fsp3) is 0.583. The van der Waals surface area contributed by atoms with E-state index >= 15 is 0 Å². The van der Waals surface area contributed by atoms with E-state index in [0.717, 1.165) is 6.42 Å². The number of carbonyl (C=O) groups excluding carboxylic acids is 3. The average Bonchev–Trinajstić information content (AvgIpc) is 2.25. The molecule has 1 N–H and O–H groups in total. The number of barbiturate groups is 1. The first-order valence-electron chi connectivity index (χ1n) is 5.83. The maximum Gasteiger partial charge on any atom is 1.00 e. The Morgan fingerprint density at radius 2 is 1.89 bits per heavy atom. The number of nitrogens with zero attached hydrogens (tertiary/aromatic N) is 1. The first-order valence-corrected chi connectivity index (χ1v) is 5.83. The molecule has 1 aliphatic rings. The van der Waals surface area contributed by atoms with E-state index in [4.69, 9.17) is 0 Å². The van der Waals surface area contributed by atoms with Crippen molar-refractivity contribution in [1.82, 2.24) is 5.32 Å². The Morgan fingerprint density at radius 1 is 1.22 bits per heavy atom. The Balaban J connectivity index is 0.00000289. The molecule has 1 rings (SSSR count). The second kappa shape index (κ2) is 7.71. The van der Waals surface area contributed by atoms with Crippen LogP contribution in [-0.4, -0.2) is 17.8 Å². The Kier molecular flexibility index (Phi) is 7.43. The monoisotopic (exact) mass is 260 g/mol. The molecule has 0 aromatic heterocycles. The van der Waals surface area contributed by atoms with Crippen LogP contribution < -0.4 is 34.9 Å². The predicted molar refractivity (Wildman–Crippen MR) is 63.3 cm³/mol. The molecule has 1 saturated heterocycles. The number of urea groups is 1. The van der Waals surface area contributed by atoms with Crippen molar-refractivity contribution in [2.75, 3.05) is 0 Å². The van der Waals surface area contributed by atoms with Crippen LogP contribution in [0.5, 0.6) is 0 Å². The molecule has 1 aliphatic heterocycles. The van der Waals surface area contributed by atoms with Crippen LogP contribution in [0.4, 0.5) is 4.79 Å². The largest absolute Gasteiger partial charge is 1.00 e. The summed E-state index contributed by atoms with van der Waals surface area (Å²) in [7, 11) is 0. The second-order valence-corrected chi connectivity index (χ2v) is 4.09. The summed E-state index contributed by atoms with van der Waals surface area (Å²) >= 11 is 0. The van der Waals surface area contributed by atoms with Gasteiger partial charge in [-0.15, -0.1) is 0 Å². The quantitative estimate of drug-likeness (QED) is 0.403. The van der Waals surface area contributed by atoms with Gasteiger partial charge >= 0.3 is 29.6 Å². The molecule has 1 atom stereocenters. The van der Waals surface area contributed by atoms with Gasteiger partial charge in [0.25, 0.3) is 0 Å². The van der Waals surface area contributed by atoms with Crippen molar-refractivity contribution in [1.29, 1.82) is 0 Å². The van der Waals surface area contributed by atoms with Crippen molar-refractivity contribution in [2.24, 2.45) is 5.41 Å². The third kappa shape index (κ3) is 3.67. The first-order chi connectivity index (χ1) is 8.06. The molecule has 0 bridgehead atoms. The Morgan fingerprint density at radius 3 is 2.39 bits per heavy atom. The summed E-state index contributed by atoms with van der Waals surface area (Å²) in [5.74, 6) is -1.14. The van der Waals surface area contributed by atoms with Gasteiger partial charge in [0.15, 0.2) is 17.8 Å². The van der Waals surface area contributed by atoms with Crippen LogP contribution in [0.3, 0.4) is 0 Å². The molecule has 1 unspecified atom stereocenters. The Bertz CT molecular complexity index is 346. The van der Waals surface area contributed by atoms with Crippen LogP contribution in [0.15, 0.2) is 12.2 Å². The van der Waals surface area contributed by atoms with E-state index in [0.29, 0.717) is 19.3 Å². The van der Waals surface area contributed by atoms with Gasteiger partial charge in [0.05, 0.1) is 5.41 Å². The van der Waals surface area contributed by atoms with E-state index in [1.807, 2.05) is 19.9 Å². The van der Waals surface area contributed by atoms with E-state index in [1.54, 1.807) is 6.08 Å². The average molecular weight is 260 g/mol. The minimum absolute atomic E-state index is 0. The van der Waals surface area contributed by atoms with Gasteiger partial charge in [-0.2, -0.15) is 0 Å². The van der Waals surface area contributed by atoms with Crippen LogP contribution in [0.2, 0.25) is 0 Å². The van der Waals surface area contributed by atoms with E-state index in [2.05, 4.69) is 10.6 Å². The van der Waals surface area contributed by atoms with Crippen molar-refractivity contribution in [3.63, 3.8) is 0 Å². The minimum atomic E-state index is -1.19. The van der Waals surface area contributed by atoms with Crippen LogP contribution >= 0.6 is 0 Å². The van der Waals surface area contributed by atoms with Gasteiger partial charge in [0, 0.05) is 0 Å². The fourth-order valence-corrected chi connectivity index (χ4v) is 1.92. The zero-order chi connectivity index (χ0) is 12.9. The van der Waals surface area contributed by atoms with Gasteiger partial charge in [-0.1, -0.05) is 32.4 Å². The Hall–Kier alpha value is -0.650. The van der Waals surface area contributed by atoms with Crippen molar-refractivity contribution in [3.05, 3.63) is 17.5 Å². The zero-order valence-corrected chi connectivity index (χ0v) is 13.2. The molecule has 6 heteroatoms. The number of hydrogen-bond donors (Lipinski definition) is 1. The second-order valence-electron chi connectivity index (χ2n) is 4.09. The Labute approximate surface area is 129 Å². The van der Waals surface area contributed by atoms with Crippen molar-refractivity contribution in [3.8, 4) is 0 Å². The smallest absolute Gasteiger partial charge is 0.394 e. The van der Waals surface area contributed by atoms with Gasteiger partial charge < -0.3 is 10.6 Å². The number of hydrogen-bond acceptors (Lipinski definition) is 3. The number of nitrogens with one attached hydrogen (secondary N) is 1. The standard InChI is InChI=1S/C12H18N2O3.Na/c1-3-5-6-8-12(7-4-2)9(15)13-11(17)14-10(12)16;/h5-6H,3-4,7-8H2,1-2H3,(H2,13,14,15,16,17);/q;+1/p-1/b6-5+;. The topological polar surface area (TPSA) is 77.3 Å². The maximum absolute atomic E-state index is 11.9. The molecule has 0 radical (unpaired) electrons. The van der Waals surface area contributed by atoms with Gasteiger partial charge in [-0.25, -0.2) is 0 Å². The van der Waals surface area contributed by atoms with Gasteiger partial charge in [-0.05, 0) is 19.3 Å². The number of allylic oxidation sites excluding steroid dienone is 2. The maximum atomic E-state index is 11.9. The summed E-state index contributed by atoms with van der Waals surface area (Å²) in [6.45, 7) is 3.86. The number of imide groups is 2. The summed E-state index contributed by atoms with van der Waals surface area (Å²) in [6.07, 6.45) is 5.93. The fourth-order valence-electron chi connectivity index (χ4n) is 1.92. The summed E-state index contributed by atoms with van der Waals surface area (Å²) in [6, 6.07) is -0.855. The third-order valence-electron chi connectivity index (χ3n) is 2.81. The number of amides is 4. The first kappa shape index (κ1) is 17.4. The third-order valence-corrected chi connectivity index (χ3v) is 2.81. The molecule has 0 aromatic rings. The molecule has 5 nitrogen and oxygen atoms in total. The molecule has 94 valence electrons. The summed E-state index contributed by atoms with van der Waals surface area (Å²) in [5, 5.41) is 5.45. The molecule has 0 aromatic carbocycles. The molecule has 18 heavy (non-hydrogen) atoms. The van der Waals surface area contributed by atoms with Gasteiger partial charge in [0.2, 0.25) is 0 Å². The van der Waals surface area contributed by atoms with E-state index in [9.17, 15) is 14.4 Å². The summed E-state index contributed by atoms with van der Waals surface area (Å²) in [5.41, 5.74) is -1.19. The SMILES string of the molecule is CC/C=C/CC1(CCC)C(=O)[N-]C(=O)NC1=O.[Na+]. The van der Waals surface area contributed by atoms with Crippen molar-refractivity contribution in [2.45, 2.75) is 39.5 Å². The van der Waals surface area contributed by atoms with Gasteiger partial charge in [-0.3, -0.25) is 14.4 Å². The summed E-state index contributed by atoms with van der Waals surface area (Å²) in [4.78, 5) is 34.7. The van der Waals surface area contributed by atoms with E-state index in [-0.39, 0.29) is 29.6 Å². The van der Waals surface area contributed by atoms with Crippen LogP contribution in [-0.2, 0) is 9.59 Å². The van der Waals surface area contributed by atoms with E-state index < -0.39 is 23.3 Å². The number of carbonyl (C=O) groups is 3. The zero-order valence-electron chi connectivity index (χ0n) is 11.2. The molecule has 0 spiro atoms. The van der Waals surface area contributed by atoms with Gasteiger partial charge in [0.1, 0.15) is 0 Å². The molecule has 0 aliphatic carbocycles. The molecular weight excluding hydrogens is 243 g/mol. The molecule has 4 amide bonds. The minimum Gasteiger partial charge on any atom is -0.394 e. The van der Waals surface area contributed by atoms with Crippen molar-refractivity contribution >= 4 is 17.8 Å². The predicted octanol–water partition coefficient (Wildman–Crippen LogP) is -0.717.